The molecule has 0 radical (unpaired) electrons. The minimum Gasteiger partial charge on any atom is -0.486 e. The van der Waals surface area contributed by atoms with E-state index in [2.05, 4.69) is 5.32 Å². The molecule has 1 atom stereocenters. The lowest BCUT2D eigenvalue weighted by atomic mass is 10.1. The zero-order valence-electron chi connectivity index (χ0n) is 22.1. The Morgan fingerprint density at radius 1 is 1.03 bits per heavy atom. The lowest BCUT2D eigenvalue weighted by molar-refractivity contribution is -0.140. The smallest absolute Gasteiger partial charge is 0.244 e. The Labute approximate surface area is 230 Å². The van der Waals surface area contributed by atoms with Crippen LogP contribution in [0.25, 0.3) is 0 Å². The minimum atomic E-state index is -3.85. The number of nitrogens with zero attached hydrogens (tertiary/aromatic N) is 2. The number of sulfonamides is 1. The maximum Gasteiger partial charge on any atom is 0.244 e. The van der Waals surface area contributed by atoms with E-state index < -0.39 is 28.5 Å². The van der Waals surface area contributed by atoms with Crippen molar-refractivity contribution in [3.05, 3.63) is 53.1 Å². The van der Waals surface area contributed by atoms with Gasteiger partial charge in [0.1, 0.15) is 25.8 Å². The predicted octanol–water partition coefficient (Wildman–Crippen LogP) is 3.99. The number of nitrogens with one attached hydrogen (secondary N) is 1. The number of amides is 2. The quantitative estimate of drug-likeness (QED) is 0.368. The van der Waals surface area contributed by atoms with E-state index in [-0.39, 0.29) is 23.9 Å². The van der Waals surface area contributed by atoms with Gasteiger partial charge in [0.05, 0.1) is 11.4 Å². The van der Waals surface area contributed by atoms with Gasteiger partial charge in [-0.05, 0) is 49.6 Å². The molecule has 0 bridgehead atoms. The maximum atomic E-state index is 13.8. The first kappa shape index (κ1) is 29.6. The number of ether oxygens (including phenoxy) is 2. The molecule has 1 aliphatic rings. The summed E-state index contributed by atoms with van der Waals surface area (Å²) in [7, 11) is -3.85. The summed E-state index contributed by atoms with van der Waals surface area (Å²) in [5, 5.41) is 3.46. The third kappa shape index (κ3) is 7.54. The second-order valence-electron chi connectivity index (χ2n) is 8.95. The zero-order chi connectivity index (χ0) is 27.7. The molecule has 1 N–H and O–H groups in total. The fourth-order valence-electron chi connectivity index (χ4n) is 4.12. The third-order valence-corrected chi connectivity index (χ3v) is 8.27. The molecule has 2 aromatic rings. The molecule has 1 aliphatic heterocycles. The summed E-state index contributed by atoms with van der Waals surface area (Å²) in [5.74, 6) is -0.0471. The van der Waals surface area contributed by atoms with Gasteiger partial charge in [-0.15, -0.1) is 0 Å². The first-order valence-electron chi connectivity index (χ1n) is 12.9. The van der Waals surface area contributed by atoms with Crippen molar-refractivity contribution < 1.29 is 27.5 Å². The molecule has 3 rings (SSSR count). The molecule has 2 amide bonds. The summed E-state index contributed by atoms with van der Waals surface area (Å²) in [4.78, 5) is 28.4. The monoisotopic (exact) mass is 565 g/mol. The highest BCUT2D eigenvalue weighted by Crippen LogP contribution is 2.35. The predicted molar refractivity (Wildman–Crippen MR) is 148 cm³/mol. The third-order valence-electron chi connectivity index (χ3n) is 6.27. The summed E-state index contributed by atoms with van der Waals surface area (Å²) < 4.78 is 38.6. The van der Waals surface area contributed by atoms with Crippen molar-refractivity contribution in [3.8, 4) is 11.5 Å². The second-order valence-corrected chi connectivity index (χ2v) is 11.6. The van der Waals surface area contributed by atoms with Gasteiger partial charge < -0.3 is 19.7 Å². The van der Waals surface area contributed by atoms with Gasteiger partial charge in [-0.2, -0.15) is 0 Å². The SMILES string of the molecule is CCCCNC(=O)[C@H](CC)N(Cc1ccc(Cl)cc1)C(=O)CN(c1ccc2c(c1)OCCO2)S(=O)(=O)CC. The van der Waals surface area contributed by atoms with E-state index in [9.17, 15) is 18.0 Å². The Bertz CT molecular complexity index is 1210. The number of fused-ring (bicyclic) bond motifs is 1. The fourth-order valence-corrected chi connectivity index (χ4v) is 5.30. The van der Waals surface area contributed by atoms with E-state index in [0.717, 1.165) is 22.7 Å². The normalized spacial score (nSPS) is 13.5. The fraction of sp³-hybridized carbons (Fsp3) is 0.481. The lowest BCUT2D eigenvalue weighted by Crippen LogP contribution is -2.52. The molecule has 0 saturated heterocycles. The molecule has 38 heavy (non-hydrogen) atoms. The summed E-state index contributed by atoms with van der Waals surface area (Å²) in [6.45, 7) is 6.28. The van der Waals surface area contributed by atoms with Gasteiger partial charge in [-0.25, -0.2) is 8.42 Å². The number of anilines is 1. The number of hydrogen-bond donors (Lipinski definition) is 1. The Hall–Kier alpha value is -2.98. The van der Waals surface area contributed by atoms with E-state index in [1.165, 1.54) is 11.8 Å². The minimum absolute atomic E-state index is 0.122. The molecule has 11 heteroatoms. The number of carbonyl (C=O) groups excluding carboxylic acids is 2. The first-order chi connectivity index (χ1) is 18.2. The van der Waals surface area contributed by atoms with Crippen LogP contribution in [0.3, 0.4) is 0 Å². The topological polar surface area (TPSA) is 105 Å². The van der Waals surface area contributed by atoms with Crippen LogP contribution in [0.5, 0.6) is 11.5 Å². The average Bonchev–Trinajstić information content (AvgIpc) is 2.92. The number of unbranched alkanes of at least 4 members (excludes halogenated alkanes) is 1. The number of benzene rings is 2. The van der Waals surface area contributed by atoms with Crippen LogP contribution in [0.1, 0.15) is 45.6 Å². The van der Waals surface area contributed by atoms with Gasteiger partial charge >= 0.3 is 0 Å². The molecule has 1 heterocycles. The first-order valence-corrected chi connectivity index (χ1v) is 14.9. The molecule has 0 unspecified atom stereocenters. The van der Waals surface area contributed by atoms with Crippen molar-refractivity contribution >= 4 is 39.1 Å². The van der Waals surface area contributed by atoms with E-state index in [4.69, 9.17) is 21.1 Å². The van der Waals surface area contributed by atoms with Crippen LogP contribution in [0.15, 0.2) is 42.5 Å². The molecule has 0 saturated carbocycles. The van der Waals surface area contributed by atoms with Crippen molar-refractivity contribution in [1.29, 1.82) is 0 Å². The van der Waals surface area contributed by atoms with Crippen LogP contribution >= 0.6 is 11.6 Å². The van der Waals surface area contributed by atoms with Crippen molar-refractivity contribution in [2.75, 3.05) is 36.4 Å². The molecule has 2 aromatic carbocycles. The van der Waals surface area contributed by atoms with Gasteiger partial charge in [-0.3, -0.25) is 13.9 Å². The van der Waals surface area contributed by atoms with Gasteiger partial charge in [0.15, 0.2) is 11.5 Å². The Balaban J connectivity index is 1.95. The Kier molecular flexibility index (Phi) is 10.7. The van der Waals surface area contributed by atoms with Crippen molar-refractivity contribution in [3.63, 3.8) is 0 Å². The highest BCUT2D eigenvalue weighted by atomic mass is 35.5. The number of hydrogen-bond acceptors (Lipinski definition) is 6. The Morgan fingerprint density at radius 3 is 2.34 bits per heavy atom. The molecule has 0 fully saturated rings. The van der Waals surface area contributed by atoms with Crippen LogP contribution in [-0.2, 0) is 26.2 Å². The second kappa shape index (κ2) is 13.7. The molecule has 0 spiro atoms. The van der Waals surface area contributed by atoms with Crippen molar-refractivity contribution in [1.82, 2.24) is 10.2 Å². The lowest BCUT2D eigenvalue weighted by Gasteiger charge is -2.33. The largest absolute Gasteiger partial charge is 0.486 e. The number of halogens is 1. The molecule has 0 aromatic heterocycles. The summed E-state index contributed by atoms with van der Waals surface area (Å²) >= 11 is 6.04. The number of rotatable bonds is 13. The highest BCUT2D eigenvalue weighted by Gasteiger charge is 2.32. The molecule has 208 valence electrons. The highest BCUT2D eigenvalue weighted by molar-refractivity contribution is 7.92. The molecule has 0 aliphatic carbocycles. The summed E-state index contributed by atoms with van der Waals surface area (Å²) in [5.41, 5.74) is 1.06. The standard InChI is InChI=1S/C27H36ClN3O6S/c1-4-7-14-29-27(33)23(5-2)30(18-20-8-10-21(28)11-9-20)26(32)19-31(38(34,35)6-3)22-12-13-24-25(17-22)37-16-15-36-24/h8-13,17,23H,4-7,14-16,18-19H2,1-3H3,(H,29,33)/t23-/m0/s1. The Morgan fingerprint density at radius 2 is 1.71 bits per heavy atom. The summed E-state index contributed by atoms with van der Waals surface area (Å²) in [6.07, 6.45) is 2.10. The van der Waals surface area contributed by atoms with Crippen LogP contribution in [0.2, 0.25) is 5.02 Å². The average molecular weight is 566 g/mol. The molecular formula is C27H36ClN3O6S. The van der Waals surface area contributed by atoms with Gasteiger partial charge in [-0.1, -0.05) is 44.0 Å². The van der Waals surface area contributed by atoms with Crippen LogP contribution < -0.4 is 19.1 Å². The summed E-state index contributed by atoms with van der Waals surface area (Å²) in [6, 6.07) is 11.0. The van der Waals surface area contributed by atoms with E-state index in [1.54, 1.807) is 42.5 Å². The van der Waals surface area contributed by atoms with Crippen LogP contribution in [0.4, 0.5) is 5.69 Å². The van der Waals surface area contributed by atoms with Crippen LogP contribution in [-0.4, -0.2) is 63.2 Å². The maximum absolute atomic E-state index is 13.8. The van der Waals surface area contributed by atoms with E-state index in [0.29, 0.717) is 42.7 Å². The van der Waals surface area contributed by atoms with E-state index in [1.807, 2.05) is 13.8 Å². The van der Waals surface area contributed by atoms with E-state index >= 15 is 0 Å². The van der Waals surface area contributed by atoms with Crippen molar-refractivity contribution in [2.45, 2.75) is 52.6 Å². The molecule has 9 nitrogen and oxygen atoms in total. The van der Waals surface area contributed by atoms with Gasteiger partial charge in [0.2, 0.25) is 21.8 Å². The zero-order valence-corrected chi connectivity index (χ0v) is 23.7. The van der Waals surface area contributed by atoms with Gasteiger partial charge in [0.25, 0.3) is 0 Å². The molecular weight excluding hydrogens is 530 g/mol. The van der Waals surface area contributed by atoms with Gasteiger partial charge in [0, 0.05) is 24.2 Å². The van der Waals surface area contributed by atoms with Crippen LogP contribution in [0, 0.1) is 0 Å². The van der Waals surface area contributed by atoms with Crippen molar-refractivity contribution in [2.24, 2.45) is 0 Å². The number of carbonyl (C=O) groups is 2.